The summed E-state index contributed by atoms with van der Waals surface area (Å²) >= 11 is 0. The summed E-state index contributed by atoms with van der Waals surface area (Å²) in [6, 6.07) is 4.01. The van der Waals surface area contributed by atoms with Gasteiger partial charge in [0.1, 0.15) is 0 Å². The van der Waals surface area contributed by atoms with Crippen LogP contribution in [0.3, 0.4) is 0 Å². The Bertz CT molecular complexity index is 533. The zero-order valence-electron chi connectivity index (χ0n) is 7.95. The van der Waals surface area contributed by atoms with Crippen LogP contribution in [-0.2, 0) is 0 Å². The minimum absolute atomic E-state index is 0.0367. The third-order valence-electron chi connectivity index (χ3n) is 1.89. The molecule has 0 bridgehead atoms. The minimum Gasteiger partial charge on any atom is -0.475 e. The molecule has 0 aliphatic rings. The predicted octanol–water partition coefficient (Wildman–Crippen LogP) is 0.999. The van der Waals surface area contributed by atoms with Crippen molar-refractivity contribution in [3.05, 3.63) is 47.7 Å². The molecule has 6 heteroatoms. The number of hydrogen-bond acceptors (Lipinski definition) is 5. The summed E-state index contributed by atoms with van der Waals surface area (Å²) in [6.07, 6.45) is 2.65. The third-order valence-corrected chi connectivity index (χ3v) is 1.89. The Morgan fingerprint density at radius 2 is 1.88 bits per heavy atom. The lowest BCUT2D eigenvalue weighted by Crippen LogP contribution is -2.01. The smallest absolute Gasteiger partial charge is 0.371 e. The second-order valence-corrected chi connectivity index (χ2v) is 2.93. The van der Waals surface area contributed by atoms with E-state index in [2.05, 4.69) is 10.2 Å². The summed E-state index contributed by atoms with van der Waals surface area (Å²) in [6.45, 7) is 0. The van der Waals surface area contributed by atoms with Gasteiger partial charge in [0, 0.05) is 5.56 Å². The number of hydrogen-bond donors (Lipinski definition) is 1. The van der Waals surface area contributed by atoms with Crippen LogP contribution in [0, 0.1) is 0 Å². The molecule has 1 N–H and O–H groups in total. The Labute approximate surface area is 89.5 Å². The number of carbonyl (C=O) groups is 2. The lowest BCUT2D eigenvalue weighted by Gasteiger charge is -1.94. The molecule has 16 heavy (non-hydrogen) atoms. The Morgan fingerprint density at radius 3 is 2.44 bits per heavy atom. The molecule has 0 radical (unpaired) electrons. The molecule has 2 aromatic rings. The quantitative estimate of drug-likeness (QED) is 0.772. The van der Waals surface area contributed by atoms with E-state index in [9.17, 15) is 9.59 Å². The van der Waals surface area contributed by atoms with Crippen molar-refractivity contribution < 1.29 is 19.1 Å². The van der Waals surface area contributed by atoms with Crippen LogP contribution in [0.2, 0.25) is 0 Å². The fourth-order valence-electron chi connectivity index (χ4n) is 1.14. The molecule has 0 saturated carbocycles. The summed E-state index contributed by atoms with van der Waals surface area (Å²) < 4.78 is 4.86. The zero-order chi connectivity index (χ0) is 11.5. The van der Waals surface area contributed by atoms with Crippen molar-refractivity contribution in [2.75, 3.05) is 0 Å². The number of nitrogens with zero attached hydrogens (tertiary/aromatic N) is 2. The number of aromatic carboxylic acids is 1. The highest BCUT2D eigenvalue weighted by Gasteiger charge is 2.16. The number of carboxylic acid groups (broad SMARTS) is 1. The van der Waals surface area contributed by atoms with Crippen LogP contribution in [0.5, 0.6) is 0 Å². The number of aromatic nitrogens is 2. The highest BCUT2D eigenvalue weighted by Crippen LogP contribution is 2.12. The molecule has 0 atom stereocenters. The topological polar surface area (TPSA) is 93.3 Å². The molecule has 6 nitrogen and oxygen atoms in total. The van der Waals surface area contributed by atoms with Gasteiger partial charge in [-0.05, 0) is 18.2 Å². The van der Waals surface area contributed by atoms with Crippen LogP contribution < -0.4 is 0 Å². The molecule has 0 fully saturated rings. The highest BCUT2D eigenvalue weighted by atomic mass is 16.4. The number of rotatable bonds is 3. The Balaban J connectivity index is 2.31. The summed E-state index contributed by atoms with van der Waals surface area (Å²) in [5.41, 5.74) is 0.293. The maximum atomic E-state index is 11.7. The van der Waals surface area contributed by atoms with E-state index in [1.165, 1.54) is 30.6 Å². The molecule has 2 aromatic heterocycles. The predicted molar refractivity (Wildman–Crippen MR) is 51.1 cm³/mol. The second kappa shape index (κ2) is 3.93. The van der Waals surface area contributed by atoms with Crippen molar-refractivity contribution in [2.45, 2.75) is 0 Å². The third kappa shape index (κ3) is 1.81. The summed E-state index contributed by atoms with van der Waals surface area (Å²) in [7, 11) is 0. The van der Waals surface area contributed by atoms with Crippen molar-refractivity contribution in [3.63, 3.8) is 0 Å². The van der Waals surface area contributed by atoms with Crippen LogP contribution in [0.4, 0.5) is 0 Å². The summed E-state index contributed by atoms with van der Waals surface area (Å²) in [5, 5.41) is 15.7. The average Bonchev–Trinajstić information content (AvgIpc) is 2.78. The van der Waals surface area contributed by atoms with Crippen molar-refractivity contribution in [1.29, 1.82) is 0 Å². The maximum Gasteiger partial charge on any atom is 0.371 e. The largest absolute Gasteiger partial charge is 0.475 e. The van der Waals surface area contributed by atoms with E-state index in [-0.39, 0.29) is 11.5 Å². The molecule has 0 spiro atoms. The number of ketones is 1. The van der Waals surface area contributed by atoms with Crippen LogP contribution in [0.25, 0.3) is 0 Å². The van der Waals surface area contributed by atoms with Gasteiger partial charge >= 0.3 is 5.97 Å². The van der Waals surface area contributed by atoms with Crippen molar-refractivity contribution in [3.8, 4) is 0 Å². The molecule has 80 valence electrons. The van der Waals surface area contributed by atoms with Gasteiger partial charge < -0.3 is 9.52 Å². The van der Waals surface area contributed by atoms with Gasteiger partial charge in [0.05, 0.1) is 12.4 Å². The minimum atomic E-state index is -1.22. The van der Waals surface area contributed by atoms with Crippen molar-refractivity contribution in [2.24, 2.45) is 0 Å². The molecule has 0 aromatic carbocycles. The van der Waals surface area contributed by atoms with Crippen LogP contribution in [0.15, 0.2) is 35.0 Å². The van der Waals surface area contributed by atoms with Crippen LogP contribution >= 0.6 is 0 Å². The molecule has 0 saturated heterocycles. The van der Waals surface area contributed by atoms with Gasteiger partial charge in [0.15, 0.2) is 5.76 Å². The fraction of sp³-hybridized carbons (Fsp3) is 0. The van der Waals surface area contributed by atoms with E-state index < -0.39 is 11.8 Å². The first-order valence-corrected chi connectivity index (χ1v) is 4.33. The Morgan fingerprint density at radius 1 is 1.12 bits per heavy atom. The number of furan rings is 1. The van der Waals surface area contributed by atoms with E-state index in [1.807, 2.05) is 0 Å². The Hall–Kier alpha value is -2.50. The van der Waals surface area contributed by atoms with E-state index in [0.29, 0.717) is 5.56 Å². The van der Waals surface area contributed by atoms with Gasteiger partial charge in [-0.2, -0.15) is 10.2 Å². The lowest BCUT2D eigenvalue weighted by atomic mass is 10.2. The SMILES string of the molecule is O=C(O)c1ccc(C(=O)c2ccnnc2)o1. The zero-order valence-corrected chi connectivity index (χ0v) is 7.95. The molecule has 2 heterocycles. The first kappa shape index (κ1) is 10.0. The van der Waals surface area contributed by atoms with Gasteiger partial charge in [0.2, 0.25) is 11.5 Å². The van der Waals surface area contributed by atoms with Crippen LogP contribution in [-0.4, -0.2) is 27.1 Å². The van der Waals surface area contributed by atoms with E-state index >= 15 is 0 Å². The highest BCUT2D eigenvalue weighted by molar-refractivity contribution is 6.07. The van der Waals surface area contributed by atoms with Gasteiger partial charge in [0.25, 0.3) is 0 Å². The van der Waals surface area contributed by atoms with Gasteiger partial charge in [-0.3, -0.25) is 4.79 Å². The molecular weight excluding hydrogens is 212 g/mol. The van der Waals surface area contributed by atoms with E-state index in [0.717, 1.165) is 0 Å². The molecular formula is C10H6N2O4. The van der Waals surface area contributed by atoms with Gasteiger partial charge in [-0.25, -0.2) is 4.79 Å². The van der Waals surface area contributed by atoms with Crippen LogP contribution in [0.1, 0.15) is 26.7 Å². The number of carboxylic acids is 1. The average molecular weight is 218 g/mol. The monoisotopic (exact) mass is 218 g/mol. The molecule has 0 amide bonds. The Kier molecular flexibility index (Phi) is 2.47. The van der Waals surface area contributed by atoms with Crippen molar-refractivity contribution in [1.82, 2.24) is 10.2 Å². The normalized spacial score (nSPS) is 10.0. The van der Waals surface area contributed by atoms with Crippen molar-refractivity contribution >= 4 is 11.8 Å². The standard InChI is InChI=1S/C10H6N2O4/c13-9(6-3-4-11-12-5-6)7-1-2-8(16-7)10(14)15/h1-5H,(H,14,15). The van der Waals surface area contributed by atoms with Gasteiger partial charge in [-0.1, -0.05) is 0 Å². The summed E-state index contributed by atoms with van der Waals surface area (Å²) in [5.74, 6) is -1.95. The first-order valence-electron chi connectivity index (χ1n) is 4.33. The lowest BCUT2D eigenvalue weighted by molar-refractivity contribution is 0.0660. The number of carbonyl (C=O) groups excluding carboxylic acids is 1. The second-order valence-electron chi connectivity index (χ2n) is 2.93. The fourth-order valence-corrected chi connectivity index (χ4v) is 1.14. The maximum absolute atomic E-state index is 11.7. The summed E-state index contributed by atoms with van der Waals surface area (Å²) in [4.78, 5) is 22.3. The molecule has 0 unspecified atom stereocenters. The molecule has 2 rings (SSSR count). The van der Waals surface area contributed by atoms with Gasteiger partial charge in [-0.15, -0.1) is 0 Å². The van der Waals surface area contributed by atoms with E-state index in [4.69, 9.17) is 9.52 Å². The molecule has 0 aliphatic heterocycles. The molecule has 0 aliphatic carbocycles. The first-order chi connectivity index (χ1) is 7.68. The van der Waals surface area contributed by atoms with E-state index in [1.54, 1.807) is 0 Å².